The molecule has 0 saturated heterocycles. The fourth-order valence-electron chi connectivity index (χ4n) is 2.29. The second-order valence-corrected chi connectivity index (χ2v) is 5.30. The van der Waals surface area contributed by atoms with Crippen molar-refractivity contribution in [1.29, 1.82) is 5.41 Å². The van der Waals surface area contributed by atoms with Crippen molar-refractivity contribution in [3.05, 3.63) is 59.9 Å². The van der Waals surface area contributed by atoms with Gasteiger partial charge in [-0.2, -0.15) is 5.21 Å². The van der Waals surface area contributed by atoms with Gasteiger partial charge in [-0.05, 0) is 29.7 Å². The summed E-state index contributed by atoms with van der Waals surface area (Å²) in [5, 5.41) is 21.2. The van der Waals surface area contributed by atoms with Crippen LogP contribution in [0.25, 0.3) is 11.1 Å². The predicted molar refractivity (Wildman–Crippen MR) is 98.1 cm³/mol. The molecule has 2 aromatic carbocycles. The van der Waals surface area contributed by atoms with Crippen LogP contribution in [0.5, 0.6) is 5.75 Å². The molecule has 3 rings (SSSR count). The standard InChI is InChI=1S/C17H18N6O.ClH/c18-17(19)14-5-3-12(4-6-14)13-7-9-15(10-8-13)24-11-1-2-16-20-22-23-21-16;/h3-10H,1-2,11H2,(H3,18,19)(H,20,21,22,23);1H. The average molecular weight is 359 g/mol. The molecule has 0 aliphatic rings. The number of hydrogen-bond donors (Lipinski definition) is 3. The van der Waals surface area contributed by atoms with E-state index in [1.54, 1.807) is 0 Å². The maximum absolute atomic E-state index is 7.41. The van der Waals surface area contributed by atoms with Crippen LogP contribution >= 0.6 is 12.4 Å². The van der Waals surface area contributed by atoms with E-state index in [9.17, 15) is 0 Å². The molecule has 0 unspecified atom stereocenters. The number of aromatic amines is 1. The van der Waals surface area contributed by atoms with E-state index in [0.717, 1.165) is 35.3 Å². The molecule has 7 nitrogen and oxygen atoms in total. The van der Waals surface area contributed by atoms with E-state index in [2.05, 4.69) is 20.6 Å². The molecular formula is C17H19ClN6O. The summed E-state index contributed by atoms with van der Waals surface area (Å²) in [6.07, 6.45) is 1.56. The summed E-state index contributed by atoms with van der Waals surface area (Å²) in [4.78, 5) is 0. The topological polar surface area (TPSA) is 114 Å². The monoisotopic (exact) mass is 358 g/mol. The van der Waals surface area contributed by atoms with Crippen LogP contribution in [0.1, 0.15) is 17.8 Å². The van der Waals surface area contributed by atoms with Crippen LogP contribution in [0, 0.1) is 5.41 Å². The van der Waals surface area contributed by atoms with Crippen molar-refractivity contribution < 1.29 is 4.74 Å². The highest BCUT2D eigenvalue weighted by Gasteiger charge is 2.02. The number of halogens is 1. The van der Waals surface area contributed by atoms with Gasteiger partial charge in [0.05, 0.1) is 6.61 Å². The molecule has 0 amide bonds. The summed E-state index contributed by atoms with van der Waals surface area (Å²) in [6, 6.07) is 15.5. The van der Waals surface area contributed by atoms with Crippen LogP contribution < -0.4 is 10.5 Å². The van der Waals surface area contributed by atoms with Crippen molar-refractivity contribution >= 4 is 18.2 Å². The number of ether oxygens (including phenoxy) is 1. The predicted octanol–water partition coefficient (Wildman–Crippen LogP) is 2.58. The van der Waals surface area contributed by atoms with Crippen LogP contribution in [0.4, 0.5) is 0 Å². The van der Waals surface area contributed by atoms with Crippen LogP contribution in [0.2, 0.25) is 0 Å². The van der Waals surface area contributed by atoms with Crippen molar-refractivity contribution in [3.8, 4) is 16.9 Å². The highest BCUT2D eigenvalue weighted by atomic mass is 35.5. The number of H-pyrrole nitrogens is 1. The Hall–Kier alpha value is -2.93. The number of rotatable bonds is 7. The van der Waals surface area contributed by atoms with Gasteiger partial charge in [0.15, 0.2) is 5.82 Å². The maximum atomic E-state index is 7.41. The Kier molecular flexibility index (Phi) is 6.47. The molecule has 1 aromatic heterocycles. The average Bonchev–Trinajstić information content (AvgIpc) is 3.13. The molecule has 1 heterocycles. The molecule has 0 atom stereocenters. The molecule has 25 heavy (non-hydrogen) atoms. The lowest BCUT2D eigenvalue weighted by atomic mass is 10.0. The largest absolute Gasteiger partial charge is 0.494 e. The quantitative estimate of drug-likeness (QED) is 0.341. The molecule has 0 bridgehead atoms. The number of amidine groups is 1. The van der Waals surface area contributed by atoms with Crippen LogP contribution in [0.15, 0.2) is 48.5 Å². The normalized spacial score (nSPS) is 10.1. The van der Waals surface area contributed by atoms with E-state index < -0.39 is 0 Å². The fourth-order valence-corrected chi connectivity index (χ4v) is 2.29. The maximum Gasteiger partial charge on any atom is 0.174 e. The Morgan fingerprint density at radius 2 is 1.68 bits per heavy atom. The molecule has 0 aliphatic heterocycles. The third kappa shape index (κ3) is 5.02. The Labute approximate surface area is 151 Å². The number of hydrogen-bond acceptors (Lipinski definition) is 5. The van der Waals surface area contributed by atoms with Gasteiger partial charge in [-0.3, -0.25) is 5.41 Å². The van der Waals surface area contributed by atoms with E-state index >= 15 is 0 Å². The number of nitrogen functional groups attached to an aromatic ring is 1. The number of nitrogens with one attached hydrogen (secondary N) is 2. The van der Waals surface area contributed by atoms with Gasteiger partial charge < -0.3 is 10.5 Å². The van der Waals surface area contributed by atoms with Gasteiger partial charge in [0.1, 0.15) is 11.6 Å². The van der Waals surface area contributed by atoms with E-state index in [1.807, 2.05) is 48.5 Å². The smallest absolute Gasteiger partial charge is 0.174 e. The first-order valence-electron chi connectivity index (χ1n) is 7.62. The first-order chi connectivity index (χ1) is 11.7. The van der Waals surface area contributed by atoms with E-state index in [4.69, 9.17) is 15.9 Å². The van der Waals surface area contributed by atoms with Gasteiger partial charge in [-0.15, -0.1) is 22.6 Å². The minimum Gasteiger partial charge on any atom is -0.494 e. The highest BCUT2D eigenvalue weighted by Crippen LogP contribution is 2.23. The minimum absolute atomic E-state index is 0. The van der Waals surface area contributed by atoms with Crippen molar-refractivity contribution in [1.82, 2.24) is 20.6 Å². The number of tetrazole rings is 1. The van der Waals surface area contributed by atoms with Crippen LogP contribution in [-0.2, 0) is 6.42 Å². The molecule has 4 N–H and O–H groups in total. The first-order valence-corrected chi connectivity index (χ1v) is 7.62. The number of aryl methyl sites for hydroxylation is 1. The van der Waals surface area contributed by atoms with Gasteiger partial charge >= 0.3 is 0 Å². The molecule has 0 fully saturated rings. The lowest BCUT2D eigenvalue weighted by molar-refractivity contribution is 0.310. The summed E-state index contributed by atoms with van der Waals surface area (Å²) >= 11 is 0. The fraction of sp³-hybridized carbons (Fsp3) is 0.176. The van der Waals surface area contributed by atoms with Crippen molar-refractivity contribution in [3.63, 3.8) is 0 Å². The minimum atomic E-state index is 0. The number of aromatic nitrogens is 4. The van der Waals surface area contributed by atoms with Crippen LogP contribution in [-0.4, -0.2) is 33.1 Å². The molecule has 0 spiro atoms. The summed E-state index contributed by atoms with van der Waals surface area (Å²) in [6.45, 7) is 0.598. The second-order valence-electron chi connectivity index (χ2n) is 5.30. The van der Waals surface area contributed by atoms with Crippen molar-refractivity contribution in [2.75, 3.05) is 6.61 Å². The molecule has 0 aliphatic carbocycles. The third-order valence-corrected chi connectivity index (χ3v) is 3.59. The summed E-state index contributed by atoms with van der Waals surface area (Å²) in [5.41, 5.74) is 8.35. The summed E-state index contributed by atoms with van der Waals surface area (Å²) < 4.78 is 5.71. The van der Waals surface area contributed by atoms with Gasteiger partial charge in [-0.1, -0.05) is 41.6 Å². The molecule has 0 radical (unpaired) electrons. The van der Waals surface area contributed by atoms with E-state index in [1.165, 1.54) is 0 Å². The van der Waals surface area contributed by atoms with Crippen molar-refractivity contribution in [2.45, 2.75) is 12.8 Å². The lowest BCUT2D eigenvalue weighted by Gasteiger charge is -2.07. The second kappa shape index (κ2) is 8.79. The SMILES string of the molecule is Cl.N=C(N)c1ccc(-c2ccc(OCCCc3nn[nH]n3)cc2)cc1. The summed E-state index contributed by atoms with van der Waals surface area (Å²) in [5.74, 6) is 1.60. The molecule has 130 valence electrons. The molecule has 8 heteroatoms. The molecular weight excluding hydrogens is 340 g/mol. The Morgan fingerprint density at radius 1 is 1.04 bits per heavy atom. The molecule has 3 aromatic rings. The zero-order chi connectivity index (χ0) is 16.8. The molecule has 0 saturated carbocycles. The van der Waals surface area contributed by atoms with Crippen LogP contribution in [0.3, 0.4) is 0 Å². The van der Waals surface area contributed by atoms with Gasteiger partial charge in [0.2, 0.25) is 0 Å². The Balaban J connectivity index is 0.00000225. The van der Waals surface area contributed by atoms with Gasteiger partial charge in [0, 0.05) is 12.0 Å². The van der Waals surface area contributed by atoms with Crippen molar-refractivity contribution in [2.24, 2.45) is 5.73 Å². The van der Waals surface area contributed by atoms with E-state index in [0.29, 0.717) is 12.4 Å². The Morgan fingerprint density at radius 3 is 2.24 bits per heavy atom. The number of nitrogens with zero attached hydrogens (tertiary/aromatic N) is 3. The van der Waals surface area contributed by atoms with E-state index in [-0.39, 0.29) is 18.2 Å². The van der Waals surface area contributed by atoms with Gasteiger partial charge in [0.25, 0.3) is 0 Å². The van der Waals surface area contributed by atoms with Gasteiger partial charge in [-0.25, -0.2) is 0 Å². The number of nitrogens with two attached hydrogens (primary N) is 1. The summed E-state index contributed by atoms with van der Waals surface area (Å²) in [7, 11) is 0. The Bertz CT molecular complexity index is 787. The highest BCUT2D eigenvalue weighted by molar-refractivity contribution is 5.95. The zero-order valence-corrected chi connectivity index (χ0v) is 14.3. The lowest BCUT2D eigenvalue weighted by Crippen LogP contribution is -2.10. The zero-order valence-electron chi connectivity index (χ0n) is 13.5. The first kappa shape index (κ1) is 18.4. The number of benzene rings is 2. The third-order valence-electron chi connectivity index (χ3n) is 3.59.